The van der Waals surface area contributed by atoms with Crippen LogP contribution in [-0.2, 0) is 19.6 Å². The van der Waals surface area contributed by atoms with Crippen molar-refractivity contribution in [3.63, 3.8) is 0 Å². The number of hydrogen-bond donors (Lipinski definition) is 2. The first-order chi connectivity index (χ1) is 10.8. The van der Waals surface area contributed by atoms with Gasteiger partial charge in [0.25, 0.3) is 0 Å². The molecule has 1 aromatic carbocycles. The summed E-state index contributed by atoms with van der Waals surface area (Å²) in [4.78, 5) is 23.3. The van der Waals surface area contributed by atoms with Crippen molar-refractivity contribution in [1.82, 2.24) is 4.31 Å². The van der Waals surface area contributed by atoms with Crippen molar-refractivity contribution in [3.05, 3.63) is 24.3 Å². The lowest BCUT2D eigenvalue weighted by Gasteiger charge is -2.29. The molecule has 1 aromatic rings. The van der Waals surface area contributed by atoms with E-state index in [0.717, 1.165) is 0 Å². The highest BCUT2D eigenvalue weighted by Gasteiger charge is 2.28. The zero-order chi connectivity index (χ0) is 17.0. The number of hydrogen-bond acceptors (Lipinski definition) is 4. The highest BCUT2D eigenvalue weighted by atomic mass is 32.2. The maximum atomic E-state index is 12.3. The highest BCUT2D eigenvalue weighted by molar-refractivity contribution is 7.88. The molecule has 23 heavy (non-hydrogen) atoms. The van der Waals surface area contributed by atoms with E-state index in [-0.39, 0.29) is 17.7 Å². The average molecular weight is 339 g/mol. The number of anilines is 2. The molecule has 0 atom stereocenters. The molecule has 7 nitrogen and oxygen atoms in total. The molecule has 1 fully saturated rings. The van der Waals surface area contributed by atoms with Crippen molar-refractivity contribution in [1.29, 1.82) is 0 Å². The van der Waals surface area contributed by atoms with Crippen LogP contribution in [0.4, 0.5) is 11.4 Å². The Kier molecular flexibility index (Phi) is 5.38. The van der Waals surface area contributed by atoms with Crippen molar-refractivity contribution in [3.8, 4) is 0 Å². The summed E-state index contributed by atoms with van der Waals surface area (Å²) in [5.41, 5.74) is 1.22. The molecule has 1 heterocycles. The molecule has 1 aliphatic heterocycles. The van der Waals surface area contributed by atoms with E-state index in [2.05, 4.69) is 10.6 Å². The Balaban J connectivity index is 1.94. The molecule has 2 rings (SSSR count). The minimum atomic E-state index is -3.19. The summed E-state index contributed by atoms with van der Waals surface area (Å²) in [7, 11) is -3.19. The molecular formula is C15H21N3O4S. The molecule has 0 bridgehead atoms. The molecule has 1 saturated heterocycles. The predicted molar refractivity (Wildman–Crippen MR) is 88.5 cm³/mol. The van der Waals surface area contributed by atoms with Gasteiger partial charge in [0.15, 0.2) is 0 Å². The fourth-order valence-corrected chi connectivity index (χ4v) is 3.45. The molecule has 2 N–H and O–H groups in total. The van der Waals surface area contributed by atoms with Gasteiger partial charge in [-0.2, -0.15) is 0 Å². The van der Waals surface area contributed by atoms with Gasteiger partial charge in [0.2, 0.25) is 21.8 Å². The summed E-state index contributed by atoms with van der Waals surface area (Å²) in [5, 5.41) is 5.48. The molecule has 8 heteroatoms. The van der Waals surface area contributed by atoms with Gasteiger partial charge in [-0.05, 0) is 31.0 Å². The lowest BCUT2D eigenvalue weighted by molar-refractivity contribution is -0.121. The third kappa shape index (κ3) is 5.04. The molecule has 0 aromatic heterocycles. The Labute approximate surface area is 136 Å². The Morgan fingerprint density at radius 2 is 1.70 bits per heavy atom. The van der Waals surface area contributed by atoms with Gasteiger partial charge in [-0.1, -0.05) is 6.07 Å². The van der Waals surface area contributed by atoms with E-state index >= 15 is 0 Å². The predicted octanol–water partition coefficient (Wildman–Crippen LogP) is 1.26. The summed E-state index contributed by atoms with van der Waals surface area (Å²) in [6, 6.07) is 6.91. The van der Waals surface area contributed by atoms with E-state index < -0.39 is 10.0 Å². The van der Waals surface area contributed by atoms with Crippen molar-refractivity contribution in [2.24, 2.45) is 5.92 Å². The van der Waals surface area contributed by atoms with Crippen LogP contribution in [0.25, 0.3) is 0 Å². The third-order valence-electron chi connectivity index (χ3n) is 3.74. The van der Waals surface area contributed by atoms with Crippen molar-refractivity contribution >= 4 is 33.2 Å². The molecule has 2 amide bonds. The van der Waals surface area contributed by atoms with Crippen LogP contribution in [0.3, 0.4) is 0 Å². The maximum absolute atomic E-state index is 12.3. The normalized spacial score (nSPS) is 16.8. The van der Waals surface area contributed by atoms with E-state index in [0.29, 0.717) is 37.3 Å². The average Bonchev–Trinajstić information content (AvgIpc) is 2.46. The van der Waals surface area contributed by atoms with Crippen molar-refractivity contribution in [2.75, 3.05) is 30.0 Å². The van der Waals surface area contributed by atoms with Gasteiger partial charge in [0.1, 0.15) is 0 Å². The molecule has 1 aliphatic rings. The van der Waals surface area contributed by atoms with Gasteiger partial charge in [-0.3, -0.25) is 9.59 Å². The van der Waals surface area contributed by atoms with Gasteiger partial charge in [0, 0.05) is 37.3 Å². The monoisotopic (exact) mass is 339 g/mol. The van der Waals surface area contributed by atoms with Crippen LogP contribution in [-0.4, -0.2) is 43.9 Å². The topological polar surface area (TPSA) is 95.6 Å². The number of sulfonamides is 1. The zero-order valence-electron chi connectivity index (χ0n) is 13.2. The minimum absolute atomic E-state index is 0.127. The summed E-state index contributed by atoms with van der Waals surface area (Å²) in [6.45, 7) is 2.15. The molecular weight excluding hydrogens is 318 g/mol. The SMILES string of the molecule is CC(=O)Nc1cccc(NC(=O)C2CCN(S(C)(=O)=O)CC2)c1. The molecule has 0 unspecified atom stereocenters. The lowest BCUT2D eigenvalue weighted by atomic mass is 9.97. The first-order valence-electron chi connectivity index (χ1n) is 7.39. The smallest absolute Gasteiger partial charge is 0.227 e. The summed E-state index contributed by atoms with van der Waals surface area (Å²) in [5.74, 6) is -0.517. The number of nitrogens with zero attached hydrogens (tertiary/aromatic N) is 1. The highest BCUT2D eigenvalue weighted by Crippen LogP contribution is 2.22. The van der Waals surface area contributed by atoms with Gasteiger partial charge in [-0.15, -0.1) is 0 Å². The zero-order valence-corrected chi connectivity index (χ0v) is 14.0. The van der Waals surface area contributed by atoms with E-state index in [1.54, 1.807) is 24.3 Å². The first-order valence-corrected chi connectivity index (χ1v) is 9.24. The minimum Gasteiger partial charge on any atom is -0.326 e. The Hall–Kier alpha value is -1.93. The molecule has 0 spiro atoms. The van der Waals surface area contributed by atoms with E-state index in [1.165, 1.54) is 17.5 Å². The van der Waals surface area contributed by atoms with E-state index in [9.17, 15) is 18.0 Å². The second kappa shape index (κ2) is 7.10. The summed E-state index contributed by atoms with van der Waals surface area (Å²) >= 11 is 0. The molecule has 0 radical (unpaired) electrons. The molecule has 126 valence electrons. The Morgan fingerprint density at radius 1 is 1.13 bits per heavy atom. The Morgan fingerprint density at radius 3 is 2.22 bits per heavy atom. The first kappa shape index (κ1) is 17.4. The second-order valence-corrected chi connectivity index (χ2v) is 7.67. The lowest BCUT2D eigenvalue weighted by Crippen LogP contribution is -2.40. The van der Waals surface area contributed by atoms with Crippen LogP contribution in [0.2, 0.25) is 0 Å². The second-order valence-electron chi connectivity index (χ2n) is 5.69. The van der Waals surface area contributed by atoms with Crippen LogP contribution in [0.5, 0.6) is 0 Å². The number of piperidine rings is 1. The van der Waals surface area contributed by atoms with Crippen LogP contribution < -0.4 is 10.6 Å². The van der Waals surface area contributed by atoms with E-state index in [1.807, 2.05) is 0 Å². The van der Waals surface area contributed by atoms with Crippen LogP contribution in [0.15, 0.2) is 24.3 Å². The van der Waals surface area contributed by atoms with Gasteiger partial charge in [-0.25, -0.2) is 12.7 Å². The molecule has 0 aliphatic carbocycles. The van der Waals surface area contributed by atoms with Gasteiger partial charge >= 0.3 is 0 Å². The summed E-state index contributed by atoms with van der Waals surface area (Å²) in [6.07, 6.45) is 2.19. The maximum Gasteiger partial charge on any atom is 0.227 e. The van der Waals surface area contributed by atoms with E-state index in [4.69, 9.17) is 0 Å². The van der Waals surface area contributed by atoms with Crippen molar-refractivity contribution < 1.29 is 18.0 Å². The molecule has 0 saturated carbocycles. The largest absolute Gasteiger partial charge is 0.326 e. The fraction of sp³-hybridized carbons (Fsp3) is 0.467. The number of nitrogens with one attached hydrogen (secondary N) is 2. The Bertz CT molecular complexity index is 694. The van der Waals surface area contributed by atoms with Crippen LogP contribution >= 0.6 is 0 Å². The van der Waals surface area contributed by atoms with Crippen LogP contribution in [0, 0.1) is 5.92 Å². The van der Waals surface area contributed by atoms with Crippen LogP contribution in [0.1, 0.15) is 19.8 Å². The van der Waals surface area contributed by atoms with Gasteiger partial charge < -0.3 is 10.6 Å². The number of benzene rings is 1. The van der Waals surface area contributed by atoms with Crippen molar-refractivity contribution in [2.45, 2.75) is 19.8 Å². The number of carbonyl (C=O) groups is 2. The number of carbonyl (C=O) groups excluding carboxylic acids is 2. The summed E-state index contributed by atoms with van der Waals surface area (Å²) < 4.78 is 24.3. The van der Waals surface area contributed by atoms with Gasteiger partial charge in [0.05, 0.1) is 6.26 Å². The number of rotatable bonds is 4. The third-order valence-corrected chi connectivity index (χ3v) is 5.05. The standard InChI is InChI=1S/C15H21N3O4S/c1-11(19)16-13-4-3-5-14(10-13)17-15(20)12-6-8-18(9-7-12)23(2,21)22/h3-5,10,12H,6-9H2,1-2H3,(H,16,19)(H,17,20). The number of amides is 2. The fourth-order valence-electron chi connectivity index (χ4n) is 2.57. The quantitative estimate of drug-likeness (QED) is 0.863.